The third-order valence-electron chi connectivity index (χ3n) is 4.22. The van der Waals surface area contributed by atoms with Crippen molar-refractivity contribution >= 4 is 50.2 Å². The molecule has 4 rings (SSSR count). The van der Waals surface area contributed by atoms with Crippen molar-refractivity contribution < 1.29 is 49.0 Å². The van der Waals surface area contributed by atoms with Crippen LogP contribution in [0.15, 0.2) is 59.1 Å². The maximum atomic E-state index is 12.9. The van der Waals surface area contributed by atoms with Gasteiger partial charge >= 0.3 is 29.6 Å². The molecule has 0 N–H and O–H groups in total. The maximum Gasteiger partial charge on any atom is 1.00 e. The normalized spacial score (nSPS) is 12.9. The molecular weight excluding hydrogens is 409 g/mol. The van der Waals surface area contributed by atoms with Crippen LogP contribution in [0.4, 0.5) is 5.69 Å². The van der Waals surface area contributed by atoms with E-state index >= 15 is 0 Å². The number of hydrogen-bond donors (Lipinski definition) is 0. The summed E-state index contributed by atoms with van der Waals surface area (Å²) in [6, 6.07) is 14.2. The monoisotopic (exact) mass is 417 g/mol. The van der Waals surface area contributed by atoms with Gasteiger partial charge < -0.3 is 9.90 Å². The van der Waals surface area contributed by atoms with E-state index in [1.807, 2.05) is 6.07 Å². The summed E-state index contributed by atoms with van der Waals surface area (Å²) < 4.78 is 0.806. The molecule has 0 atom stereocenters. The van der Waals surface area contributed by atoms with Crippen LogP contribution in [0.1, 0.15) is 31.1 Å². The molecule has 0 unspecified atom stereocenters. The fourth-order valence-corrected chi connectivity index (χ4v) is 3.50. The molecular formula is C19H9BrNNaO4. The van der Waals surface area contributed by atoms with Crippen LogP contribution in [-0.4, -0.2) is 17.8 Å². The van der Waals surface area contributed by atoms with Gasteiger partial charge in [0.1, 0.15) is 0 Å². The predicted octanol–water partition coefficient (Wildman–Crippen LogP) is -0.230. The Bertz CT molecular complexity index is 1060. The van der Waals surface area contributed by atoms with Crippen LogP contribution < -0.4 is 39.6 Å². The minimum Gasteiger partial charge on any atom is -0.545 e. The molecule has 0 spiro atoms. The van der Waals surface area contributed by atoms with Crippen LogP contribution in [0.5, 0.6) is 0 Å². The van der Waals surface area contributed by atoms with Crippen LogP contribution in [-0.2, 0) is 0 Å². The molecule has 0 aromatic heterocycles. The number of hydrogen-bond acceptors (Lipinski definition) is 4. The van der Waals surface area contributed by atoms with Gasteiger partial charge in [0.25, 0.3) is 11.8 Å². The zero-order valence-electron chi connectivity index (χ0n) is 13.7. The molecule has 3 aromatic carbocycles. The number of carbonyl (C=O) groups excluding carboxylic acids is 3. The molecule has 3 aromatic rings. The van der Waals surface area contributed by atoms with Gasteiger partial charge in [0.05, 0.1) is 11.7 Å². The van der Waals surface area contributed by atoms with Crippen molar-refractivity contribution in [2.45, 2.75) is 0 Å². The Kier molecular flexibility index (Phi) is 5.03. The average molecular weight is 418 g/mol. The van der Waals surface area contributed by atoms with Crippen molar-refractivity contribution in [1.29, 1.82) is 0 Å². The zero-order chi connectivity index (χ0) is 17.7. The quantitative estimate of drug-likeness (QED) is 0.426. The van der Waals surface area contributed by atoms with Crippen molar-refractivity contribution in [3.05, 3.63) is 75.8 Å². The van der Waals surface area contributed by atoms with Crippen molar-refractivity contribution in [2.24, 2.45) is 0 Å². The molecule has 1 heterocycles. The van der Waals surface area contributed by atoms with Gasteiger partial charge in [0, 0.05) is 21.0 Å². The number of aromatic carboxylic acids is 1. The standard InChI is InChI=1S/C19H10BrNO4.Na/c20-15-9-8-14-16-12(15)2-1-3-13(16)17(22)21(18(14)23)11-6-4-10(5-7-11)19(24)25;/h1-9H,(H,24,25);/q;+1/p-1. The molecule has 0 fully saturated rings. The molecule has 5 nitrogen and oxygen atoms in total. The first-order valence-electron chi connectivity index (χ1n) is 7.40. The summed E-state index contributed by atoms with van der Waals surface area (Å²) in [5.74, 6) is -2.20. The molecule has 2 amide bonds. The van der Waals surface area contributed by atoms with Gasteiger partial charge in [-0.3, -0.25) is 9.59 Å². The number of carbonyl (C=O) groups is 3. The number of halogens is 1. The van der Waals surface area contributed by atoms with E-state index in [9.17, 15) is 19.5 Å². The zero-order valence-corrected chi connectivity index (χ0v) is 17.2. The van der Waals surface area contributed by atoms with E-state index < -0.39 is 17.8 Å². The summed E-state index contributed by atoms with van der Waals surface area (Å²) in [7, 11) is 0. The smallest absolute Gasteiger partial charge is 0.545 e. The number of carboxylic acid groups (broad SMARTS) is 1. The number of amides is 2. The molecule has 7 heteroatoms. The predicted molar refractivity (Wildman–Crippen MR) is 93.6 cm³/mol. The number of carboxylic acids is 1. The fourth-order valence-electron chi connectivity index (χ4n) is 3.04. The Morgan fingerprint density at radius 3 is 2.12 bits per heavy atom. The van der Waals surface area contributed by atoms with Gasteiger partial charge in [0.15, 0.2) is 0 Å². The van der Waals surface area contributed by atoms with Gasteiger partial charge in [-0.2, -0.15) is 0 Å². The molecule has 0 aliphatic carbocycles. The molecule has 0 radical (unpaired) electrons. The van der Waals surface area contributed by atoms with E-state index in [2.05, 4.69) is 15.9 Å². The third-order valence-corrected chi connectivity index (χ3v) is 4.91. The van der Waals surface area contributed by atoms with Crippen LogP contribution in [0, 0.1) is 0 Å². The first kappa shape index (κ1) is 18.8. The summed E-state index contributed by atoms with van der Waals surface area (Å²) in [6.07, 6.45) is 0. The van der Waals surface area contributed by atoms with E-state index in [0.29, 0.717) is 22.2 Å². The molecule has 0 saturated heterocycles. The summed E-state index contributed by atoms with van der Waals surface area (Å²) in [5, 5.41) is 12.3. The Balaban J connectivity index is 0.00000196. The Hall–Kier alpha value is -1.99. The van der Waals surface area contributed by atoms with E-state index in [0.717, 1.165) is 14.8 Å². The number of imide groups is 1. The third kappa shape index (κ3) is 2.79. The largest absolute Gasteiger partial charge is 1.00 e. The molecule has 1 aliphatic heterocycles. The Morgan fingerprint density at radius 1 is 0.885 bits per heavy atom. The molecule has 122 valence electrons. The second-order valence-corrected chi connectivity index (χ2v) is 6.46. The molecule has 0 bridgehead atoms. The minimum atomic E-state index is -1.32. The topological polar surface area (TPSA) is 77.5 Å². The molecule has 0 saturated carbocycles. The van der Waals surface area contributed by atoms with Crippen molar-refractivity contribution in [3.63, 3.8) is 0 Å². The van der Waals surface area contributed by atoms with Crippen LogP contribution in [0.3, 0.4) is 0 Å². The number of rotatable bonds is 2. The van der Waals surface area contributed by atoms with E-state index in [-0.39, 0.29) is 35.1 Å². The van der Waals surface area contributed by atoms with Crippen molar-refractivity contribution in [1.82, 2.24) is 0 Å². The van der Waals surface area contributed by atoms with Gasteiger partial charge in [0.2, 0.25) is 0 Å². The first-order chi connectivity index (χ1) is 12.0. The first-order valence-corrected chi connectivity index (χ1v) is 8.20. The molecule has 1 aliphatic rings. The summed E-state index contributed by atoms with van der Waals surface area (Å²) in [5.41, 5.74) is 1.15. The van der Waals surface area contributed by atoms with Crippen LogP contribution in [0.2, 0.25) is 0 Å². The number of nitrogens with zero attached hydrogens (tertiary/aromatic N) is 1. The number of benzene rings is 3. The van der Waals surface area contributed by atoms with Gasteiger partial charge in [-0.15, -0.1) is 0 Å². The molecule has 26 heavy (non-hydrogen) atoms. The van der Waals surface area contributed by atoms with Crippen LogP contribution in [0.25, 0.3) is 10.8 Å². The van der Waals surface area contributed by atoms with Gasteiger partial charge in [-0.25, -0.2) is 4.90 Å². The average Bonchev–Trinajstić information content (AvgIpc) is 2.61. The fraction of sp³-hybridized carbons (Fsp3) is 0. The van der Waals surface area contributed by atoms with E-state index in [1.54, 1.807) is 24.3 Å². The van der Waals surface area contributed by atoms with E-state index in [1.165, 1.54) is 24.3 Å². The second kappa shape index (κ2) is 6.96. The van der Waals surface area contributed by atoms with E-state index in [4.69, 9.17) is 0 Å². The number of anilines is 1. The minimum absolute atomic E-state index is 0. The summed E-state index contributed by atoms with van der Waals surface area (Å²) in [4.78, 5) is 37.7. The van der Waals surface area contributed by atoms with Crippen LogP contribution >= 0.6 is 15.9 Å². The second-order valence-electron chi connectivity index (χ2n) is 5.60. The summed E-state index contributed by atoms with van der Waals surface area (Å²) in [6.45, 7) is 0. The van der Waals surface area contributed by atoms with Gasteiger partial charge in [-0.1, -0.05) is 40.2 Å². The summed E-state index contributed by atoms with van der Waals surface area (Å²) >= 11 is 3.44. The van der Waals surface area contributed by atoms with Crippen molar-refractivity contribution in [3.8, 4) is 0 Å². The van der Waals surface area contributed by atoms with Crippen molar-refractivity contribution in [2.75, 3.05) is 4.90 Å². The van der Waals surface area contributed by atoms with Gasteiger partial charge in [-0.05, 0) is 41.3 Å². The maximum absolute atomic E-state index is 12.9. The SMILES string of the molecule is O=C([O-])c1ccc(N2C(=O)c3cccc4c(Br)ccc(c34)C2=O)cc1.[Na+]. The Labute approximate surface area is 179 Å². The Morgan fingerprint density at radius 2 is 1.50 bits per heavy atom.